The molecular weight excluding hydrogens is 236 g/mol. The molecule has 0 unspecified atom stereocenters. The lowest BCUT2D eigenvalue weighted by Gasteiger charge is -2.12. The first kappa shape index (κ1) is 15.6. The van der Waals surface area contributed by atoms with Crippen LogP contribution in [0.3, 0.4) is 0 Å². The van der Waals surface area contributed by atoms with Gasteiger partial charge in [-0.15, -0.1) is 0 Å². The van der Waals surface area contributed by atoms with Crippen LogP contribution in [-0.4, -0.2) is 11.6 Å². The number of hydrogen-bond donors (Lipinski definition) is 0. The van der Waals surface area contributed by atoms with Gasteiger partial charge in [0.15, 0.2) is 5.78 Å². The van der Waals surface area contributed by atoms with Gasteiger partial charge in [0.05, 0.1) is 6.42 Å². The molecule has 0 saturated heterocycles. The summed E-state index contributed by atoms with van der Waals surface area (Å²) in [6.07, 6.45) is 2.18. The Labute approximate surface area is 116 Å². The molecule has 0 atom stereocenters. The first-order chi connectivity index (χ1) is 8.99. The smallest absolute Gasteiger partial charge is 0.170 e. The van der Waals surface area contributed by atoms with Crippen molar-refractivity contribution in [3.05, 3.63) is 34.9 Å². The summed E-state index contributed by atoms with van der Waals surface area (Å²) in [6, 6.07) is 5.96. The summed E-state index contributed by atoms with van der Waals surface area (Å²) in [5, 5.41) is 0. The predicted octanol–water partition coefficient (Wildman–Crippen LogP) is 4.00. The van der Waals surface area contributed by atoms with Crippen molar-refractivity contribution < 1.29 is 9.59 Å². The van der Waals surface area contributed by atoms with E-state index in [0.717, 1.165) is 29.5 Å². The van der Waals surface area contributed by atoms with E-state index in [4.69, 9.17) is 0 Å². The number of hydrogen-bond acceptors (Lipinski definition) is 2. The molecule has 0 fully saturated rings. The standard InChI is InChI=1S/C17H24O2/c1-5-13-8-7-9-14(6-2)17(13)16(19)11-15(18)10-12(3)4/h7-9,12H,5-6,10-11H2,1-4H3. The zero-order chi connectivity index (χ0) is 14.4. The van der Waals surface area contributed by atoms with Gasteiger partial charge in [0.1, 0.15) is 5.78 Å². The Morgan fingerprint density at radius 3 is 2.00 bits per heavy atom. The maximum atomic E-state index is 12.4. The van der Waals surface area contributed by atoms with Gasteiger partial charge in [-0.1, -0.05) is 45.9 Å². The highest BCUT2D eigenvalue weighted by Gasteiger charge is 2.18. The van der Waals surface area contributed by atoms with E-state index in [2.05, 4.69) is 0 Å². The minimum atomic E-state index is -0.0139. The summed E-state index contributed by atoms with van der Waals surface area (Å²) in [5.74, 6) is 0.347. The van der Waals surface area contributed by atoms with Gasteiger partial charge in [-0.25, -0.2) is 0 Å². The van der Waals surface area contributed by atoms with Crippen molar-refractivity contribution >= 4 is 11.6 Å². The van der Waals surface area contributed by atoms with Crippen molar-refractivity contribution in [1.82, 2.24) is 0 Å². The van der Waals surface area contributed by atoms with Crippen LogP contribution >= 0.6 is 0 Å². The van der Waals surface area contributed by atoms with Crippen molar-refractivity contribution in [1.29, 1.82) is 0 Å². The highest BCUT2D eigenvalue weighted by atomic mass is 16.1. The van der Waals surface area contributed by atoms with Gasteiger partial charge in [0, 0.05) is 12.0 Å². The number of carbonyl (C=O) groups is 2. The van der Waals surface area contributed by atoms with Gasteiger partial charge in [0.2, 0.25) is 0 Å². The fraction of sp³-hybridized carbons (Fsp3) is 0.529. The second-order valence-corrected chi connectivity index (χ2v) is 5.39. The Balaban J connectivity index is 2.95. The molecule has 0 saturated carbocycles. The van der Waals surface area contributed by atoms with Crippen LogP contribution in [0.15, 0.2) is 18.2 Å². The molecule has 2 nitrogen and oxygen atoms in total. The summed E-state index contributed by atoms with van der Waals surface area (Å²) in [4.78, 5) is 24.2. The maximum Gasteiger partial charge on any atom is 0.170 e. The Hall–Kier alpha value is -1.44. The zero-order valence-corrected chi connectivity index (χ0v) is 12.5. The first-order valence-electron chi connectivity index (χ1n) is 7.15. The first-order valence-corrected chi connectivity index (χ1v) is 7.15. The van der Waals surface area contributed by atoms with Gasteiger partial charge >= 0.3 is 0 Å². The molecule has 0 aliphatic heterocycles. The fourth-order valence-corrected chi connectivity index (χ4v) is 2.40. The molecule has 1 rings (SSSR count). The number of benzene rings is 1. The third kappa shape index (κ3) is 4.30. The molecule has 0 bridgehead atoms. The largest absolute Gasteiger partial charge is 0.299 e. The fourth-order valence-electron chi connectivity index (χ4n) is 2.40. The maximum absolute atomic E-state index is 12.4. The Morgan fingerprint density at radius 2 is 1.58 bits per heavy atom. The Kier molecular flexibility index (Phi) is 5.94. The summed E-state index contributed by atoms with van der Waals surface area (Å²) in [5.41, 5.74) is 2.90. The van der Waals surface area contributed by atoms with E-state index in [1.807, 2.05) is 45.9 Å². The van der Waals surface area contributed by atoms with Crippen LogP contribution in [0.4, 0.5) is 0 Å². The minimum Gasteiger partial charge on any atom is -0.299 e. The third-order valence-electron chi connectivity index (χ3n) is 3.27. The molecule has 2 heteroatoms. The molecule has 104 valence electrons. The molecule has 0 heterocycles. The van der Waals surface area contributed by atoms with Crippen LogP contribution in [0.1, 0.15) is 62.0 Å². The number of carbonyl (C=O) groups excluding carboxylic acids is 2. The van der Waals surface area contributed by atoms with Gasteiger partial charge in [-0.3, -0.25) is 9.59 Å². The van der Waals surface area contributed by atoms with E-state index < -0.39 is 0 Å². The summed E-state index contributed by atoms with van der Waals surface area (Å²) in [6.45, 7) is 8.09. The average molecular weight is 260 g/mol. The van der Waals surface area contributed by atoms with E-state index in [0.29, 0.717) is 12.3 Å². The summed E-state index contributed by atoms with van der Waals surface area (Å²) >= 11 is 0. The molecule has 0 amide bonds. The van der Waals surface area contributed by atoms with Crippen LogP contribution in [0.25, 0.3) is 0 Å². The van der Waals surface area contributed by atoms with Gasteiger partial charge in [-0.05, 0) is 29.9 Å². The summed E-state index contributed by atoms with van der Waals surface area (Å²) in [7, 11) is 0. The van der Waals surface area contributed by atoms with Crippen LogP contribution in [-0.2, 0) is 17.6 Å². The highest BCUT2D eigenvalue weighted by molar-refractivity contribution is 6.09. The Bertz CT molecular complexity index is 436. The lowest BCUT2D eigenvalue weighted by atomic mass is 9.91. The van der Waals surface area contributed by atoms with E-state index in [9.17, 15) is 9.59 Å². The van der Waals surface area contributed by atoms with Crippen LogP contribution < -0.4 is 0 Å². The lowest BCUT2D eigenvalue weighted by Crippen LogP contribution is -2.14. The monoisotopic (exact) mass is 260 g/mol. The van der Waals surface area contributed by atoms with Crippen LogP contribution in [0.2, 0.25) is 0 Å². The van der Waals surface area contributed by atoms with E-state index >= 15 is 0 Å². The van der Waals surface area contributed by atoms with Crippen molar-refractivity contribution in [2.75, 3.05) is 0 Å². The number of rotatable bonds is 7. The SMILES string of the molecule is CCc1cccc(CC)c1C(=O)CC(=O)CC(C)C. The molecule has 0 aromatic heterocycles. The van der Waals surface area contributed by atoms with Gasteiger partial charge in [0.25, 0.3) is 0 Å². The quantitative estimate of drug-likeness (QED) is 0.548. The zero-order valence-electron chi connectivity index (χ0n) is 12.5. The third-order valence-corrected chi connectivity index (χ3v) is 3.27. The van der Waals surface area contributed by atoms with Crippen molar-refractivity contribution in [2.45, 2.75) is 53.4 Å². The molecular formula is C17H24O2. The topological polar surface area (TPSA) is 34.1 Å². The van der Waals surface area contributed by atoms with Crippen molar-refractivity contribution in [3.63, 3.8) is 0 Å². The molecule has 0 N–H and O–H groups in total. The second kappa shape index (κ2) is 7.22. The lowest BCUT2D eigenvalue weighted by molar-refractivity contribution is -0.118. The molecule has 1 aromatic carbocycles. The molecule has 19 heavy (non-hydrogen) atoms. The molecule has 0 spiro atoms. The molecule has 0 radical (unpaired) electrons. The molecule has 1 aromatic rings. The van der Waals surface area contributed by atoms with E-state index in [-0.39, 0.29) is 18.0 Å². The number of Topliss-reactive ketones (excluding diaryl/α,β-unsaturated/α-hetero) is 2. The van der Waals surface area contributed by atoms with Crippen molar-refractivity contribution in [3.8, 4) is 0 Å². The molecule has 0 aliphatic rings. The Morgan fingerprint density at radius 1 is 1.05 bits per heavy atom. The van der Waals surface area contributed by atoms with Crippen LogP contribution in [0.5, 0.6) is 0 Å². The summed E-state index contributed by atoms with van der Waals surface area (Å²) < 4.78 is 0. The molecule has 0 aliphatic carbocycles. The van der Waals surface area contributed by atoms with Gasteiger partial charge < -0.3 is 0 Å². The van der Waals surface area contributed by atoms with Crippen molar-refractivity contribution in [2.24, 2.45) is 5.92 Å². The van der Waals surface area contributed by atoms with Gasteiger partial charge in [-0.2, -0.15) is 0 Å². The number of ketones is 2. The predicted molar refractivity (Wildman–Crippen MR) is 78.6 cm³/mol. The van der Waals surface area contributed by atoms with E-state index in [1.54, 1.807) is 0 Å². The van der Waals surface area contributed by atoms with Crippen LogP contribution in [0, 0.1) is 5.92 Å². The second-order valence-electron chi connectivity index (χ2n) is 5.39. The normalized spacial score (nSPS) is 10.8. The highest BCUT2D eigenvalue weighted by Crippen LogP contribution is 2.19. The van der Waals surface area contributed by atoms with E-state index in [1.165, 1.54) is 0 Å². The average Bonchev–Trinajstić information content (AvgIpc) is 2.36. The number of aryl methyl sites for hydroxylation is 2. The minimum absolute atomic E-state index is 0.0139.